The second-order valence-electron chi connectivity index (χ2n) is 8.89. The van der Waals surface area contributed by atoms with Gasteiger partial charge >= 0.3 is 6.18 Å². The molecule has 0 bridgehead atoms. The number of pyridine rings is 2. The van der Waals surface area contributed by atoms with Crippen LogP contribution >= 0.6 is 0 Å². The number of amides is 1. The van der Waals surface area contributed by atoms with Crippen LogP contribution in [0.2, 0.25) is 0 Å². The zero-order valence-electron chi connectivity index (χ0n) is 21.2. The number of rotatable bonds is 9. The zero-order chi connectivity index (χ0) is 26.9. The molecule has 0 radical (unpaired) electrons. The second-order valence-corrected chi connectivity index (χ2v) is 8.89. The molecule has 0 fully saturated rings. The van der Waals surface area contributed by atoms with E-state index in [1.54, 1.807) is 25.3 Å². The molecule has 4 rings (SSSR count). The van der Waals surface area contributed by atoms with Gasteiger partial charge in [0, 0.05) is 24.6 Å². The number of aromatic nitrogens is 4. The van der Waals surface area contributed by atoms with E-state index in [1.807, 2.05) is 20.8 Å². The summed E-state index contributed by atoms with van der Waals surface area (Å²) in [5.41, 5.74) is 2.71. The SMILES string of the molecule is CCCOC1c2nc(-c3cnc(OC(C)C)c(OC)c3)cc(C)c2C(=O)N1c1cnn(CC(F)(F)F)c1. The van der Waals surface area contributed by atoms with Gasteiger partial charge in [-0.05, 0) is 44.9 Å². The normalized spacial score (nSPS) is 15.4. The highest BCUT2D eigenvalue weighted by Crippen LogP contribution is 2.40. The van der Waals surface area contributed by atoms with Gasteiger partial charge in [-0.1, -0.05) is 6.92 Å². The van der Waals surface area contributed by atoms with Gasteiger partial charge in [-0.15, -0.1) is 0 Å². The Morgan fingerprint density at radius 3 is 2.59 bits per heavy atom. The number of hydrogen-bond donors (Lipinski definition) is 0. The van der Waals surface area contributed by atoms with Crippen molar-refractivity contribution >= 4 is 11.6 Å². The molecule has 1 amide bonds. The Labute approximate surface area is 212 Å². The fourth-order valence-electron chi connectivity index (χ4n) is 4.06. The van der Waals surface area contributed by atoms with Gasteiger partial charge in [-0.3, -0.25) is 14.4 Å². The van der Waals surface area contributed by atoms with Crippen LogP contribution < -0.4 is 14.4 Å². The first-order chi connectivity index (χ1) is 17.5. The third-order valence-corrected chi connectivity index (χ3v) is 5.55. The van der Waals surface area contributed by atoms with Gasteiger partial charge in [-0.2, -0.15) is 18.3 Å². The number of fused-ring (bicyclic) bond motifs is 1. The van der Waals surface area contributed by atoms with Crippen LogP contribution in [0.3, 0.4) is 0 Å². The molecule has 3 aromatic rings. The zero-order valence-corrected chi connectivity index (χ0v) is 21.2. The van der Waals surface area contributed by atoms with Crippen molar-refractivity contribution in [2.45, 2.75) is 59.2 Å². The van der Waals surface area contributed by atoms with Gasteiger partial charge < -0.3 is 14.2 Å². The highest BCUT2D eigenvalue weighted by atomic mass is 19.4. The number of ether oxygens (including phenoxy) is 3. The average molecular weight is 520 g/mol. The van der Waals surface area contributed by atoms with E-state index in [9.17, 15) is 18.0 Å². The van der Waals surface area contributed by atoms with Gasteiger partial charge in [0.2, 0.25) is 0 Å². The summed E-state index contributed by atoms with van der Waals surface area (Å²) in [6.07, 6.45) is -0.805. The summed E-state index contributed by atoms with van der Waals surface area (Å²) in [6, 6.07) is 3.50. The molecule has 3 aromatic heterocycles. The smallest absolute Gasteiger partial charge is 0.408 e. The van der Waals surface area contributed by atoms with Crippen molar-refractivity contribution < 1.29 is 32.2 Å². The molecule has 198 valence electrons. The van der Waals surface area contributed by atoms with Crippen molar-refractivity contribution in [1.82, 2.24) is 19.7 Å². The van der Waals surface area contributed by atoms with E-state index < -0.39 is 24.9 Å². The molecule has 1 aliphatic rings. The summed E-state index contributed by atoms with van der Waals surface area (Å²) in [5.74, 6) is 0.357. The molecular formula is C25H28F3N5O4. The molecule has 37 heavy (non-hydrogen) atoms. The van der Waals surface area contributed by atoms with E-state index in [0.717, 1.165) is 4.68 Å². The Kier molecular flexibility index (Phi) is 7.39. The second kappa shape index (κ2) is 10.4. The number of hydrogen-bond acceptors (Lipinski definition) is 7. The quantitative estimate of drug-likeness (QED) is 0.389. The lowest BCUT2D eigenvalue weighted by atomic mass is 10.0. The fourth-order valence-corrected chi connectivity index (χ4v) is 4.06. The van der Waals surface area contributed by atoms with Crippen molar-refractivity contribution in [1.29, 1.82) is 0 Å². The van der Waals surface area contributed by atoms with E-state index in [0.29, 0.717) is 52.7 Å². The van der Waals surface area contributed by atoms with E-state index in [2.05, 4.69) is 10.1 Å². The largest absolute Gasteiger partial charge is 0.491 e. The third kappa shape index (κ3) is 5.53. The van der Waals surface area contributed by atoms with Gasteiger partial charge in [0.05, 0.1) is 36.4 Å². The predicted octanol–water partition coefficient (Wildman–Crippen LogP) is 5.09. The van der Waals surface area contributed by atoms with Crippen LogP contribution in [-0.4, -0.2) is 51.7 Å². The molecule has 9 nitrogen and oxygen atoms in total. The van der Waals surface area contributed by atoms with Gasteiger partial charge in [0.1, 0.15) is 12.2 Å². The lowest BCUT2D eigenvalue weighted by Gasteiger charge is -2.23. The number of anilines is 1. The van der Waals surface area contributed by atoms with E-state index in [-0.39, 0.29) is 11.8 Å². The molecule has 0 aliphatic carbocycles. The monoisotopic (exact) mass is 519 g/mol. The van der Waals surface area contributed by atoms with Crippen LogP contribution in [0.1, 0.15) is 55.0 Å². The van der Waals surface area contributed by atoms with Crippen LogP contribution in [0.4, 0.5) is 18.9 Å². The third-order valence-electron chi connectivity index (χ3n) is 5.55. The Balaban J connectivity index is 1.75. The maximum absolute atomic E-state index is 13.5. The maximum atomic E-state index is 13.5. The number of halogens is 3. The number of nitrogens with zero attached hydrogens (tertiary/aromatic N) is 5. The summed E-state index contributed by atoms with van der Waals surface area (Å²) in [4.78, 5) is 23.9. The van der Waals surface area contributed by atoms with Gasteiger partial charge in [0.25, 0.3) is 11.8 Å². The van der Waals surface area contributed by atoms with E-state index >= 15 is 0 Å². The maximum Gasteiger partial charge on any atom is 0.408 e. The molecule has 1 unspecified atom stereocenters. The average Bonchev–Trinajstić information content (AvgIpc) is 3.37. The van der Waals surface area contributed by atoms with Gasteiger partial charge in [0.15, 0.2) is 12.0 Å². The Bertz CT molecular complexity index is 1290. The predicted molar refractivity (Wildman–Crippen MR) is 129 cm³/mol. The molecule has 0 spiro atoms. The first-order valence-corrected chi connectivity index (χ1v) is 11.8. The first-order valence-electron chi connectivity index (χ1n) is 11.8. The molecule has 12 heteroatoms. The first kappa shape index (κ1) is 26.4. The van der Waals surface area contributed by atoms with Crippen molar-refractivity contribution in [3.05, 3.63) is 47.5 Å². The standard InChI is InChI=1S/C25H28F3N5O4/c1-6-7-36-24-21-20(23(34)33(24)17-11-30-32(12-17)13-25(26,27)28)15(4)8-18(31-21)16-9-19(35-5)22(29-10-16)37-14(2)3/h8-12,14,24H,6-7,13H2,1-5H3. The Morgan fingerprint density at radius 2 is 1.95 bits per heavy atom. The van der Waals surface area contributed by atoms with Crippen LogP contribution in [0.25, 0.3) is 11.3 Å². The number of alkyl halides is 3. The molecule has 1 aliphatic heterocycles. The van der Waals surface area contributed by atoms with Crippen LogP contribution in [0, 0.1) is 6.92 Å². The lowest BCUT2D eigenvalue weighted by molar-refractivity contribution is -0.142. The fraction of sp³-hybridized carbons (Fsp3) is 0.440. The molecule has 0 saturated heterocycles. The summed E-state index contributed by atoms with van der Waals surface area (Å²) < 4.78 is 56.5. The molecule has 0 aromatic carbocycles. The van der Waals surface area contributed by atoms with Crippen molar-refractivity contribution in [3.63, 3.8) is 0 Å². The van der Waals surface area contributed by atoms with Crippen molar-refractivity contribution in [2.24, 2.45) is 0 Å². The minimum atomic E-state index is -4.45. The summed E-state index contributed by atoms with van der Waals surface area (Å²) >= 11 is 0. The Morgan fingerprint density at radius 1 is 1.19 bits per heavy atom. The van der Waals surface area contributed by atoms with E-state index in [4.69, 9.17) is 19.2 Å². The minimum Gasteiger partial charge on any atom is -0.491 e. The number of methoxy groups -OCH3 is 1. The molecule has 0 saturated carbocycles. The molecule has 0 N–H and O–H groups in total. The minimum absolute atomic E-state index is 0.0958. The lowest BCUT2D eigenvalue weighted by Crippen LogP contribution is -2.29. The van der Waals surface area contributed by atoms with Crippen molar-refractivity contribution in [2.75, 3.05) is 18.6 Å². The highest BCUT2D eigenvalue weighted by molar-refractivity contribution is 6.11. The van der Waals surface area contributed by atoms with Crippen LogP contribution in [0.5, 0.6) is 11.6 Å². The number of aryl methyl sites for hydroxylation is 1. The van der Waals surface area contributed by atoms with Gasteiger partial charge in [-0.25, -0.2) is 9.97 Å². The number of carbonyl (C=O) groups is 1. The summed E-state index contributed by atoms with van der Waals surface area (Å²) in [5, 5.41) is 3.79. The molecular weight excluding hydrogens is 491 g/mol. The summed E-state index contributed by atoms with van der Waals surface area (Å²) in [6.45, 7) is 6.49. The molecule has 1 atom stereocenters. The Hall–Kier alpha value is -3.67. The molecule has 4 heterocycles. The van der Waals surface area contributed by atoms with E-state index in [1.165, 1.54) is 24.4 Å². The topological polar surface area (TPSA) is 91.6 Å². The van der Waals surface area contributed by atoms with Crippen LogP contribution in [0.15, 0.2) is 30.7 Å². The van der Waals surface area contributed by atoms with Crippen molar-refractivity contribution in [3.8, 4) is 22.9 Å². The summed E-state index contributed by atoms with van der Waals surface area (Å²) in [7, 11) is 1.51. The number of carbonyl (C=O) groups excluding carboxylic acids is 1. The highest BCUT2D eigenvalue weighted by Gasteiger charge is 2.42. The van der Waals surface area contributed by atoms with Crippen LogP contribution in [-0.2, 0) is 11.3 Å².